The van der Waals surface area contributed by atoms with Gasteiger partial charge < -0.3 is 4.74 Å². The maximum absolute atomic E-state index is 13.0. The summed E-state index contributed by atoms with van der Waals surface area (Å²) in [7, 11) is 0. The minimum atomic E-state index is -1.38. The van der Waals surface area contributed by atoms with Crippen molar-refractivity contribution in [2.45, 2.75) is 26.7 Å². The van der Waals surface area contributed by atoms with E-state index < -0.39 is 11.4 Å². The fourth-order valence-electron chi connectivity index (χ4n) is 2.76. The molecule has 0 N–H and O–H groups in total. The first kappa shape index (κ1) is 18.7. The first-order valence-corrected chi connectivity index (χ1v) is 8.49. The Balaban J connectivity index is 2.26. The topological polar surface area (TPSA) is 43.4 Å². The molecule has 0 radical (unpaired) electrons. The molecule has 0 amide bonds. The maximum atomic E-state index is 13.0. The first-order chi connectivity index (χ1) is 12.0. The number of Topliss-reactive ketones (excluding diaryl/α,β-unsaturated/α-hetero) is 1. The third kappa shape index (κ3) is 4.24. The van der Waals surface area contributed by atoms with Crippen LogP contribution in [-0.2, 0) is 20.7 Å². The van der Waals surface area contributed by atoms with Crippen LogP contribution < -0.4 is 0 Å². The molecular formula is C22H24O3. The molecule has 0 fully saturated rings. The highest BCUT2D eigenvalue weighted by Gasteiger charge is 2.44. The lowest BCUT2D eigenvalue weighted by Crippen LogP contribution is -2.39. The van der Waals surface area contributed by atoms with Crippen molar-refractivity contribution < 1.29 is 14.3 Å². The summed E-state index contributed by atoms with van der Waals surface area (Å²) in [4.78, 5) is 25.6. The lowest BCUT2D eigenvalue weighted by atomic mass is 9.74. The second-order valence-electron chi connectivity index (χ2n) is 6.10. The number of carbonyl (C=O) groups is 2. The minimum Gasteiger partial charge on any atom is -0.465 e. The zero-order valence-corrected chi connectivity index (χ0v) is 14.8. The molecule has 2 aromatic carbocycles. The third-order valence-electron chi connectivity index (χ3n) is 4.45. The molecular weight excluding hydrogens is 312 g/mol. The Morgan fingerprint density at radius 3 is 2.12 bits per heavy atom. The number of esters is 1. The van der Waals surface area contributed by atoms with Crippen molar-refractivity contribution in [3.05, 3.63) is 78.4 Å². The average molecular weight is 336 g/mol. The van der Waals surface area contributed by atoms with Crippen molar-refractivity contribution in [1.82, 2.24) is 0 Å². The van der Waals surface area contributed by atoms with Crippen LogP contribution >= 0.6 is 0 Å². The summed E-state index contributed by atoms with van der Waals surface area (Å²) < 4.78 is 5.20. The number of benzene rings is 2. The van der Waals surface area contributed by atoms with Crippen LogP contribution in [-0.4, -0.2) is 18.4 Å². The predicted octanol–water partition coefficient (Wildman–Crippen LogP) is 4.47. The molecule has 2 aromatic rings. The van der Waals surface area contributed by atoms with Gasteiger partial charge in [-0.3, -0.25) is 9.59 Å². The van der Waals surface area contributed by atoms with E-state index in [0.717, 1.165) is 11.1 Å². The van der Waals surface area contributed by atoms with E-state index in [9.17, 15) is 9.59 Å². The molecule has 0 heterocycles. The van der Waals surface area contributed by atoms with Crippen molar-refractivity contribution in [3.63, 3.8) is 0 Å². The van der Waals surface area contributed by atoms with Crippen LogP contribution in [0, 0.1) is 5.41 Å². The zero-order valence-electron chi connectivity index (χ0n) is 14.8. The molecule has 2 rings (SSSR count). The highest BCUT2D eigenvalue weighted by Crippen LogP contribution is 2.37. The standard InChI is InChI=1S/C22H24O3/c1-4-25-21(24)22(3,17(2)19-13-9-6-10-14-19)20(23)16-15-18-11-7-5-8-12-18/h5-14H,2,4,15-16H2,1,3H3. The average Bonchev–Trinajstić information content (AvgIpc) is 2.66. The van der Waals surface area contributed by atoms with Crippen molar-refractivity contribution in [2.75, 3.05) is 6.61 Å². The third-order valence-corrected chi connectivity index (χ3v) is 4.45. The van der Waals surface area contributed by atoms with Crippen LogP contribution in [0.4, 0.5) is 0 Å². The van der Waals surface area contributed by atoms with Gasteiger partial charge in [-0.05, 0) is 37.0 Å². The number of hydrogen-bond donors (Lipinski definition) is 0. The van der Waals surface area contributed by atoms with E-state index in [1.165, 1.54) is 0 Å². The smallest absolute Gasteiger partial charge is 0.323 e. The van der Waals surface area contributed by atoms with Crippen molar-refractivity contribution in [1.29, 1.82) is 0 Å². The quantitative estimate of drug-likeness (QED) is 0.527. The lowest BCUT2D eigenvalue weighted by Gasteiger charge is -2.28. The SMILES string of the molecule is C=C(c1ccccc1)C(C)(C(=O)CCc1ccccc1)C(=O)OCC. The van der Waals surface area contributed by atoms with E-state index in [-0.39, 0.29) is 18.8 Å². The second-order valence-corrected chi connectivity index (χ2v) is 6.10. The van der Waals surface area contributed by atoms with E-state index in [4.69, 9.17) is 4.74 Å². The number of carbonyl (C=O) groups excluding carboxylic acids is 2. The Kier molecular flexibility index (Phi) is 6.29. The molecule has 0 saturated carbocycles. The van der Waals surface area contributed by atoms with E-state index in [0.29, 0.717) is 12.0 Å². The molecule has 1 unspecified atom stereocenters. The molecule has 3 heteroatoms. The van der Waals surface area contributed by atoms with Crippen LogP contribution in [0.25, 0.3) is 5.57 Å². The molecule has 0 bridgehead atoms. The minimum absolute atomic E-state index is 0.177. The summed E-state index contributed by atoms with van der Waals surface area (Å²) in [5.41, 5.74) is 0.926. The van der Waals surface area contributed by atoms with Gasteiger partial charge in [0.1, 0.15) is 5.41 Å². The molecule has 0 aliphatic heterocycles. The van der Waals surface area contributed by atoms with Crippen molar-refractivity contribution in [2.24, 2.45) is 5.41 Å². The molecule has 0 aliphatic carbocycles. The number of rotatable bonds is 8. The van der Waals surface area contributed by atoms with Crippen molar-refractivity contribution in [3.8, 4) is 0 Å². The van der Waals surface area contributed by atoms with E-state index in [2.05, 4.69) is 6.58 Å². The molecule has 3 nitrogen and oxygen atoms in total. The van der Waals surface area contributed by atoms with Crippen molar-refractivity contribution >= 4 is 17.3 Å². The highest BCUT2D eigenvalue weighted by molar-refractivity contribution is 6.14. The fourth-order valence-corrected chi connectivity index (χ4v) is 2.76. The van der Waals surface area contributed by atoms with Gasteiger partial charge in [0.25, 0.3) is 0 Å². The zero-order chi connectivity index (χ0) is 18.3. The Labute approximate surface area is 149 Å². The van der Waals surface area contributed by atoms with Crippen LogP contribution in [0.3, 0.4) is 0 Å². The van der Waals surface area contributed by atoms with Crippen LogP contribution in [0.15, 0.2) is 67.2 Å². The van der Waals surface area contributed by atoms with Gasteiger partial charge in [-0.2, -0.15) is 0 Å². The van der Waals surface area contributed by atoms with E-state index >= 15 is 0 Å². The second kappa shape index (κ2) is 8.43. The van der Waals surface area contributed by atoms with E-state index in [1.807, 2.05) is 60.7 Å². The number of ketones is 1. The summed E-state index contributed by atoms with van der Waals surface area (Å²) >= 11 is 0. The lowest BCUT2D eigenvalue weighted by molar-refractivity contribution is -0.155. The summed E-state index contributed by atoms with van der Waals surface area (Å²) in [6.07, 6.45) is 0.835. The van der Waals surface area contributed by atoms with Crippen LogP contribution in [0.5, 0.6) is 0 Å². The summed E-state index contributed by atoms with van der Waals surface area (Å²) in [5, 5.41) is 0. The van der Waals surface area contributed by atoms with Gasteiger partial charge in [-0.15, -0.1) is 0 Å². The summed E-state index contributed by atoms with van der Waals surface area (Å²) in [6.45, 7) is 7.63. The fraction of sp³-hybridized carbons (Fsp3) is 0.273. The van der Waals surface area contributed by atoms with Gasteiger partial charge >= 0.3 is 5.97 Å². The number of hydrogen-bond acceptors (Lipinski definition) is 3. The van der Waals surface area contributed by atoms with Gasteiger partial charge in [-0.25, -0.2) is 0 Å². The molecule has 0 aliphatic rings. The molecule has 0 aromatic heterocycles. The largest absolute Gasteiger partial charge is 0.465 e. The van der Waals surface area contributed by atoms with Gasteiger partial charge in [0.15, 0.2) is 5.78 Å². The first-order valence-electron chi connectivity index (χ1n) is 8.49. The summed E-state index contributed by atoms with van der Waals surface area (Å²) in [5.74, 6) is -0.717. The van der Waals surface area contributed by atoms with Crippen LogP contribution in [0.1, 0.15) is 31.4 Å². The predicted molar refractivity (Wildman–Crippen MR) is 100.0 cm³/mol. The molecule has 0 saturated heterocycles. The molecule has 130 valence electrons. The Morgan fingerprint density at radius 1 is 1.00 bits per heavy atom. The van der Waals surface area contributed by atoms with Gasteiger partial charge in [0, 0.05) is 6.42 Å². The number of aryl methyl sites for hydroxylation is 1. The van der Waals surface area contributed by atoms with Gasteiger partial charge in [-0.1, -0.05) is 67.2 Å². The monoisotopic (exact) mass is 336 g/mol. The highest BCUT2D eigenvalue weighted by atomic mass is 16.5. The molecule has 25 heavy (non-hydrogen) atoms. The maximum Gasteiger partial charge on any atom is 0.323 e. The van der Waals surface area contributed by atoms with Gasteiger partial charge in [0.2, 0.25) is 0 Å². The van der Waals surface area contributed by atoms with E-state index in [1.54, 1.807) is 13.8 Å². The number of ether oxygens (including phenoxy) is 1. The Bertz CT molecular complexity index is 734. The van der Waals surface area contributed by atoms with Crippen LogP contribution in [0.2, 0.25) is 0 Å². The van der Waals surface area contributed by atoms with Gasteiger partial charge in [0.05, 0.1) is 6.61 Å². The normalized spacial score (nSPS) is 12.9. The molecule has 1 atom stereocenters. The Hall–Kier alpha value is -2.68. The Morgan fingerprint density at radius 2 is 1.56 bits per heavy atom. The molecule has 0 spiro atoms. The summed E-state index contributed by atoms with van der Waals surface area (Å²) in [6, 6.07) is 19.1.